The zero-order valence-electron chi connectivity index (χ0n) is 11.3. The van der Waals surface area contributed by atoms with E-state index in [2.05, 4.69) is 36.5 Å². The Kier molecular flexibility index (Phi) is 4.96. The number of benzene rings is 2. The van der Waals surface area contributed by atoms with Gasteiger partial charge in [0, 0.05) is 5.69 Å². The molecule has 0 aliphatic rings. The Balaban J connectivity index is 2.11. The zero-order chi connectivity index (χ0) is 13.5. The lowest BCUT2D eigenvalue weighted by molar-refractivity contribution is 0.624. The molecule has 0 saturated heterocycles. The summed E-state index contributed by atoms with van der Waals surface area (Å²) < 4.78 is 12.9. The van der Waals surface area contributed by atoms with Crippen LogP contribution in [0.4, 0.5) is 10.1 Å². The second-order valence-corrected chi connectivity index (χ2v) is 4.76. The van der Waals surface area contributed by atoms with Crippen LogP contribution in [-0.2, 0) is 0 Å². The summed E-state index contributed by atoms with van der Waals surface area (Å²) in [4.78, 5) is 0. The smallest absolute Gasteiger partial charge is 0.123 e. The lowest BCUT2D eigenvalue weighted by Gasteiger charge is -2.20. The first-order valence-corrected chi connectivity index (χ1v) is 6.86. The fraction of sp³-hybridized carbons (Fsp3) is 0.294. The van der Waals surface area contributed by atoms with Crippen molar-refractivity contribution in [1.82, 2.24) is 0 Å². The summed E-state index contributed by atoms with van der Waals surface area (Å²) in [6, 6.07) is 17.3. The van der Waals surface area contributed by atoms with E-state index in [1.54, 1.807) is 12.1 Å². The number of hydrogen-bond acceptors (Lipinski definition) is 1. The van der Waals surface area contributed by atoms with Crippen LogP contribution in [-0.4, -0.2) is 0 Å². The van der Waals surface area contributed by atoms with Crippen LogP contribution in [0.3, 0.4) is 0 Å². The number of rotatable bonds is 6. The summed E-state index contributed by atoms with van der Waals surface area (Å²) in [5, 5.41) is 3.49. The molecule has 1 atom stereocenters. The van der Waals surface area contributed by atoms with Crippen LogP contribution in [0.15, 0.2) is 54.6 Å². The maximum Gasteiger partial charge on any atom is 0.123 e. The Morgan fingerprint density at radius 2 is 1.68 bits per heavy atom. The van der Waals surface area contributed by atoms with Gasteiger partial charge in [-0.3, -0.25) is 0 Å². The molecule has 0 fully saturated rings. The molecule has 0 aromatic heterocycles. The average molecular weight is 257 g/mol. The second-order valence-electron chi connectivity index (χ2n) is 4.76. The van der Waals surface area contributed by atoms with Crippen molar-refractivity contribution >= 4 is 5.69 Å². The highest BCUT2D eigenvalue weighted by molar-refractivity contribution is 5.45. The van der Waals surface area contributed by atoms with Crippen LogP contribution in [0.5, 0.6) is 0 Å². The van der Waals surface area contributed by atoms with E-state index >= 15 is 0 Å². The van der Waals surface area contributed by atoms with Gasteiger partial charge in [0.1, 0.15) is 5.82 Å². The van der Waals surface area contributed by atoms with Crippen molar-refractivity contribution in [2.24, 2.45) is 0 Å². The third kappa shape index (κ3) is 4.09. The molecule has 100 valence electrons. The normalized spacial score (nSPS) is 12.1. The molecular formula is C17H20FN. The number of halogens is 1. The molecule has 0 radical (unpaired) electrons. The van der Waals surface area contributed by atoms with E-state index in [9.17, 15) is 4.39 Å². The Morgan fingerprint density at radius 1 is 1.00 bits per heavy atom. The van der Waals surface area contributed by atoms with Gasteiger partial charge in [0.05, 0.1) is 6.04 Å². The Morgan fingerprint density at radius 3 is 2.32 bits per heavy atom. The minimum Gasteiger partial charge on any atom is -0.378 e. The highest BCUT2D eigenvalue weighted by Crippen LogP contribution is 2.24. The first-order chi connectivity index (χ1) is 9.29. The molecule has 2 aromatic carbocycles. The van der Waals surface area contributed by atoms with E-state index in [0.29, 0.717) is 0 Å². The predicted octanol–water partition coefficient (Wildman–Crippen LogP) is 5.17. The van der Waals surface area contributed by atoms with Crippen molar-refractivity contribution < 1.29 is 4.39 Å². The molecule has 0 aliphatic carbocycles. The molecule has 1 unspecified atom stereocenters. The van der Waals surface area contributed by atoms with E-state index in [4.69, 9.17) is 0 Å². The van der Waals surface area contributed by atoms with Gasteiger partial charge >= 0.3 is 0 Å². The lowest BCUT2D eigenvalue weighted by Crippen LogP contribution is -2.10. The Hall–Kier alpha value is -1.83. The van der Waals surface area contributed by atoms with Crippen molar-refractivity contribution in [2.75, 3.05) is 5.32 Å². The first-order valence-electron chi connectivity index (χ1n) is 6.86. The number of anilines is 1. The lowest BCUT2D eigenvalue weighted by atomic mass is 10.0. The summed E-state index contributed by atoms with van der Waals surface area (Å²) in [7, 11) is 0. The average Bonchev–Trinajstić information content (AvgIpc) is 2.46. The van der Waals surface area contributed by atoms with Gasteiger partial charge in [-0.1, -0.05) is 50.1 Å². The topological polar surface area (TPSA) is 12.0 Å². The quantitative estimate of drug-likeness (QED) is 0.752. The zero-order valence-corrected chi connectivity index (χ0v) is 11.3. The largest absolute Gasteiger partial charge is 0.378 e. The molecule has 2 heteroatoms. The van der Waals surface area contributed by atoms with Gasteiger partial charge in [-0.05, 0) is 36.2 Å². The summed E-state index contributed by atoms with van der Waals surface area (Å²) in [6.07, 6.45) is 3.43. The molecule has 2 aromatic rings. The second kappa shape index (κ2) is 6.93. The summed E-state index contributed by atoms with van der Waals surface area (Å²) >= 11 is 0. The molecule has 0 saturated carbocycles. The van der Waals surface area contributed by atoms with Gasteiger partial charge in [0.2, 0.25) is 0 Å². The summed E-state index contributed by atoms with van der Waals surface area (Å²) in [5.74, 6) is -0.199. The monoisotopic (exact) mass is 257 g/mol. The van der Waals surface area contributed by atoms with Crippen molar-refractivity contribution in [2.45, 2.75) is 32.2 Å². The third-order valence-corrected chi connectivity index (χ3v) is 3.23. The molecule has 19 heavy (non-hydrogen) atoms. The third-order valence-electron chi connectivity index (χ3n) is 3.23. The maximum absolute atomic E-state index is 12.9. The van der Waals surface area contributed by atoms with Crippen LogP contribution in [0.2, 0.25) is 0 Å². The Labute approximate surface area is 114 Å². The van der Waals surface area contributed by atoms with Gasteiger partial charge in [-0.2, -0.15) is 0 Å². The molecule has 0 aliphatic heterocycles. The molecule has 1 nitrogen and oxygen atoms in total. The van der Waals surface area contributed by atoms with Gasteiger partial charge in [-0.15, -0.1) is 0 Å². The molecular weight excluding hydrogens is 237 g/mol. The molecule has 0 bridgehead atoms. The minimum atomic E-state index is -0.199. The molecule has 0 heterocycles. The van der Waals surface area contributed by atoms with E-state index in [-0.39, 0.29) is 11.9 Å². The molecule has 0 spiro atoms. The number of hydrogen-bond donors (Lipinski definition) is 1. The molecule has 0 amide bonds. The van der Waals surface area contributed by atoms with Crippen LogP contribution in [0.1, 0.15) is 37.8 Å². The van der Waals surface area contributed by atoms with Crippen molar-refractivity contribution in [1.29, 1.82) is 0 Å². The van der Waals surface area contributed by atoms with E-state index in [0.717, 1.165) is 12.1 Å². The Bertz CT molecular complexity index is 478. The van der Waals surface area contributed by atoms with Crippen LogP contribution in [0, 0.1) is 5.82 Å². The van der Waals surface area contributed by atoms with E-state index in [1.165, 1.54) is 30.5 Å². The van der Waals surface area contributed by atoms with Crippen molar-refractivity contribution in [3.05, 3.63) is 66.0 Å². The highest BCUT2D eigenvalue weighted by Gasteiger charge is 2.10. The van der Waals surface area contributed by atoms with Gasteiger partial charge < -0.3 is 5.32 Å². The van der Waals surface area contributed by atoms with Gasteiger partial charge in [0.25, 0.3) is 0 Å². The van der Waals surface area contributed by atoms with Gasteiger partial charge in [-0.25, -0.2) is 4.39 Å². The molecule has 2 rings (SSSR count). The van der Waals surface area contributed by atoms with Crippen LogP contribution in [0.25, 0.3) is 0 Å². The van der Waals surface area contributed by atoms with Crippen LogP contribution >= 0.6 is 0 Å². The van der Waals surface area contributed by atoms with E-state index < -0.39 is 0 Å². The highest BCUT2D eigenvalue weighted by atomic mass is 19.1. The maximum atomic E-state index is 12.9. The fourth-order valence-electron chi connectivity index (χ4n) is 2.16. The minimum absolute atomic E-state index is 0.199. The first kappa shape index (κ1) is 13.6. The SMILES string of the molecule is CCCCC(Nc1ccc(F)cc1)c1ccccc1. The number of nitrogens with one attached hydrogen (secondary N) is 1. The fourth-order valence-corrected chi connectivity index (χ4v) is 2.16. The summed E-state index contributed by atoms with van der Waals surface area (Å²) in [5.41, 5.74) is 2.24. The predicted molar refractivity (Wildman–Crippen MR) is 78.7 cm³/mol. The summed E-state index contributed by atoms with van der Waals surface area (Å²) in [6.45, 7) is 2.19. The number of unbranched alkanes of at least 4 members (excludes halogenated alkanes) is 1. The van der Waals surface area contributed by atoms with Crippen molar-refractivity contribution in [3.63, 3.8) is 0 Å². The van der Waals surface area contributed by atoms with E-state index in [1.807, 2.05) is 6.07 Å². The van der Waals surface area contributed by atoms with Crippen LogP contribution < -0.4 is 5.32 Å². The van der Waals surface area contributed by atoms with Crippen molar-refractivity contribution in [3.8, 4) is 0 Å². The van der Waals surface area contributed by atoms with Gasteiger partial charge in [0.15, 0.2) is 0 Å². The molecule has 1 N–H and O–H groups in total. The standard InChI is InChI=1S/C17H20FN/c1-2-3-9-17(14-7-5-4-6-8-14)19-16-12-10-15(18)11-13-16/h4-8,10-13,17,19H,2-3,9H2,1H3.